The third kappa shape index (κ3) is 5.29. The Labute approximate surface area is 108 Å². The van der Waals surface area contributed by atoms with Crippen molar-refractivity contribution in [2.24, 2.45) is 0 Å². The summed E-state index contributed by atoms with van der Waals surface area (Å²) in [5, 5.41) is 8.91. The van der Waals surface area contributed by atoms with Crippen LogP contribution in [0.2, 0.25) is 0 Å². The monoisotopic (exact) mass is 251 g/mol. The molecule has 0 fully saturated rings. The van der Waals surface area contributed by atoms with Crippen molar-refractivity contribution in [3.8, 4) is 0 Å². The van der Waals surface area contributed by atoms with Gasteiger partial charge in [0, 0.05) is 13.1 Å². The molecule has 4 nitrogen and oxygen atoms in total. The Hall–Kier alpha value is -1.39. The lowest BCUT2D eigenvalue weighted by molar-refractivity contribution is 0.0625. The number of carboxylic acids is 1. The molecule has 1 aromatic carbocycles. The fourth-order valence-corrected chi connectivity index (χ4v) is 1.64. The summed E-state index contributed by atoms with van der Waals surface area (Å²) in [6.45, 7) is 6.26. The number of likely N-dealkylation sites (N-methyl/N-ethyl adjacent to an activating group) is 1. The van der Waals surface area contributed by atoms with Crippen LogP contribution in [0.5, 0.6) is 0 Å². The Morgan fingerprint density at radius 2 is 2.17 bits per heavy atom. The molecule has 1 rings (SSSR count). The second-order valence-corrected chi connectivity index (χ2v) is 4.66. The van der Waals surface area contributed by atoms with Crippen LogP contribution >= 0.6 is 0 Å². The van der Waals surface area contributed by atoms with Gasteiger partial charge in [-0.05, 0) is 38.6 Å². The highest BCUT2D eigenvalue weighted by molar-refractivity contribution is 5.87. The molecule has 0 atom stereocenters. The third-order valence-electron chi connectivity index (χ3n) is 2.55. The summed E-state index contributed by atoms with van der Waals surface area (Å²) in [5.41, 5.74) is 1.33. The molecule has 18 heavy (non-hydrogen) atoms. The maximum absolute atomic E-state index is 10.9. The maximum Gasteiger partial charge on any atom is 0.335 e. The predicted molar refractivity (Wildman–Crippen MR) is 70.8 cm³/mol. The zero-order chi connectivity index (χ0) is 13.5. The molecule has 0 spiro atoms. The van der Waals surface area contributed by atoms with Gasteiger partial charge in [-0.3, -0.25) is 4.90 Å². The maximum atomic E-state index is 10.9. The first-order valence-corrected chi connectivity index (χ1v) is 6.11. The van der Waals surface area contributed by atoms with Crippen LogP contribution < -0.4 is 0 Å². The first-order valence-electron chi connectivity index (χ1n) is 6.11. The molecule has 0 saturated carbocycles. The van der Waals surface area contributed by atoms with E-state index in [0.717, 1.165) is 18.7 Å². The minimum Gasteiger partial charge on any atom is -0.478 e. The molecule has 1 aromatic rings. The molecule has 100 valence electrons. The minimum absolute atomic E-state index is 0.244. The fourth-order valence-electron chi connectivity index (χ4n) is 1.64. The zero-order valence-electron chi connectivity index (χ0n) is 11.2. The second kappa shape index (κ2) is 7.13. The molecule has 0 aliphatic rings. The highest BCUT2D eigenvalue weighted by Gasteiger charge is 2.05. The molecule has 0 unspecified atom stereocenters. The van der Waals surface area contributed by atoms with E-state index < -0.39 is 5.97 Å². The van der Waals surface area contributed by atoms with E-state index in [4.69, 9.17) is 9.84 Å². The SMILES string of the molecule is CC(C)OCCN(C)Cc1cccc(C(=O)O)c1. The largest absolute Gasteiger partial charge is 0.478 e. The van der Waals surface area contributed by atoms with Crippen molar-refractivity contribution in [2.45, 2.75) is 26.5 Å². The molecular weight excluding hydrogens is 230 g/mol. The quantitative estimate of drug-likeness (QED) is 0.807. The summed E-state index contributed by atoms with van der Waals surface area (Å²) in [4.78, 5) is 13.0. The van der Waals surface area contributed by atoms with Gasteiger partial charge in [0.1, 0.15) is 0 Å². The Morgan fingerprint density at radius 3 is 2.78 bits per heavy atom. The van der Waals surface area contributed by atoms with E-state index in [9.17, 15) is 4.79 Å². The number of aromatic carboxylic acids is 1. The van der Waals surface area contributed by atoms with Gasteiger partial charge in [0.15, 0.2) is 0 Å². The summed E-state index contributed by atoms with van der Waals surface area (Å²) < 4.78 is 5.48. The number of hydrogen-bond acceptors (Lipinski definition) is 3. The average molecular weight is 251 g/mol. The predicted octanol–water partition coefficient (Wildman–Crippen LogP) is 2.24. The number of hydrogen-bond donors (Lipinski definition) is 1. The Bertz CT molecular complexity index is 390. The lowest BCUT2D eigenvalue weighted by Crippen LogP contribution is -2.24. The standard InChI is InChI=1S/C14H21NO3/c1-11(2)18-8-7-15(3)10-12-5-4-6-13(9-12)14(16)17/h4-6,9,11H,7-8,10H2,1-3H3,(H,16,17). The van der Waals surface area contributed by atoms with Gasteiger partial charge < -0.3 is 9.84 Å². The third-order valence-corrected chi connectivity index (χ3v) is 2.55. The van der Waals surface area contributed by atoms with Gasteiger partial charge in [-0.15, -0.1) is 0 Å². The summed E-state index contributed by atoms with van der Waals surface area (Å²) in [7, 11) is 2.00. The molecular formula is C14H21NO3. The number of ether oxygens (including phenoxy) is 1. The highest BCUT2D eigenvalue weighted by atomic mass is 16.5. The molecule has 0 heterocycles. The van der Waals surface area contributed by atoms with Crippen molar-refractivity contribution in [2.75, 3.05) is 20.2 Å². The minimum atomic E-state index is -0.886. The summed E-state index contributed by atoms with van der Waals surface area (Å²) >= 11 is 0. The van der Waals surface area contributed by atoms with E-state index in [1.54, 1.807) is 18.2 Å². The van der Waals surface area contributed by atoms with Crippen molar-refractivity contribution in [3.05, 3.63) is 35.4 Å². The zero-order valence-corrected chi connectivity index (χ0v) is 11.2. The van der Waals surface area contributed by atoms with Gasteiger partial charge in [0.2, 0.25) is 0 Å². The van der Waals surface area contributed by atoms with Crippen molar-refractivity contribution < 1.29 is 14.6 Å². The Kier molecular flexibility index (Phi) is 5.82. The lowest BCUT2D eigenvalue weighted by Gasteiger charge is -2.17. The van der Waals surface area contributed by atoms with Crippen LogP contribution in [0.1, 0.15) is 29.8 Å². The molecule has 0 aliphatic heterocycles. The second-order valence-electron chi connectivity index (χ2n) is 4.66. The number of carboxylic acid groups (broad SMARTS) is 1. The molecule has 0 aliphatic carbocycles. The number of carbonyl (C=O) groups is 1. The van der Waals surface area contributed by atoms with E-state index in [0.29, 0.717) is 12.2 Å². The summed E-state index contributed by atoms with van der Waals surface area (Å²) in [6, 6.07) is 7.03. The number of nitrogens with zero attached hydrogens (tertiary/aromatic N) is 1. The Morgan fingerprint density at radius 1 is 1.44 bits per heavy atom. The summed E-state index contributed by atoms with van der Waals surface area (Å²) in [6.07, 6.45) is 0.244. The van der Waals surface area contributed by atoms with Gasteiger partial charge >= 0.3 is 5.97 Å². The van der Waals surface area contributed by atoms with Crippen LogP contribution in [0.4, 0.5) is 0 Å². The van der Waals surface area contributed by atoms with E-state index in [1.807, 2.05) is 27.0 Å². The molecule has 0 amide bonds. The molecule has 1 N–H and O–H groups in total. The van der Waals surface area contributed by atoms with E-state index in [1.165, 1.54) is 0 Å². The molecule has 4 heteroatoms. The first-order chi connectivity index (χ1) is 8.49. The molecule has 0 aromatic heterocycles. The molecule has 0 bridgehead atoms. The lowest BCUT2D eigenvalue weighted by atomic mass is 10.1. The normalized spacial score (nSPS) is 11.2. The van der Waals surface area contributed by atoms with E-state index in [2.05, 4.69) is 4.90 Å². The van der Waals surface area contributed by atoms with Crippen LogP contribution in [0, 0.1) is 0 Å². The number of rotatable bonds is 7. The van der Waals surface area contributed by atoms with Crippen molar-refractivity contribution in [3.63, 3.8) is 0 Å². The van der Waals surface area contributed by atoms with Crippen LogP contribution in [-0.4, -0.2) is 42.3 Å². The van der Waals surface area contributed by atoms with Crippen molar-refractivity contribution >= 4 is 5.97 Å². The van der Waals surface area contributed by atoms with Gasteiger partial charge in [0.05, 0.1) is 18.3 Å². The Balaban J connectivity index is 2.46. The topological polar surface area (TPSA) is 49.8 Å². The van der Waals surface area contributed by atoms with Gasteiger partial charge in [-0.1, -0.05) is 12.1 Å². The van der Waals surface area contributed by atoms with Gasteiger partial charge in [-0.2, -0.15) is 0 Å². The van der Waals surface area contributed by atoms with Crippen LogP contribution in [0.3, 0.4) is 0 Å². The van der Waals surface area contributed by atoms with Crippen molar-refractivity contribution in [1.82, 2.24) is 4.90 Å². The average Bonchev–Trinajstić information content (AvgIpc) is 2.28. The van der Waals surface area contributed by atoms with Crippen LogP contribution in [0.25, 0.3) is 0 Å². The van der Waals surface area contributed by atoms with E-state index >= 15 is 0 Å². The fraction of sp³-hybridized carbons (Fsp3) is 0.500. The van der Waals surface area contributed by atoms with Gasteiger partial charge in [-0.25, -0.2) is 4.79 Å². The summed E-state index contributed by atoms with van der Waals surface area (Å²) in [5.74, 6) is -0.886. The highest BCUT2D eigenvalue weighted by Crippen LogP contribution is 2.07. The number of benzene rings is 1. The molecule has 0 saturated heterocycles. The van der Waals surface area contributed by atoms with Gasteiger partial charge in [0.25, 0.3) is 0 Å². The smallest absolute Gasteiger partial charge is 0.335 e. The van der Waals surface area contributed by atoms with Crippen molar-refractivity contribution in [1.29, 1.82) is 0 Å². The van der Waals surface area contributed by atoms with E-state index in [-0.39, 0.29) is 6.10 Å². The van der Waals surface area contributed by atoms with Crippen LogP contribution in [-0.2, 0) is 11.3 Å². The first kappa shape index (κ1) is 14.7. The van der Waals surface area contributed by atoms with Crippen LogP contribution in [0.15, 0.2) is 24.3 Å². The molecule has 0 radical (unpaired) electrons.